The molecule has 0 aromatic heterocycles. The minimum absolute atomic E-state index is 0.699. The molecule has 2 aromatic rings. The van der Waals surface area contributed by atoms with Gasteiger partial charge in [0.15, 0.2) is 0 Å². The molecule has 0 aliphatic heterocycles. The van der Waals surface area contributed by atoms with Crippen LogP contribution in [0.5, 0.6) is 0 Å². The molecular formula is C23H32Cl2OP+. The molecule has 1 N–H and O–H groups in total. The van der Waals surface area contributed by atoms with Crippen LogP contribution in [0.3, 0.4) is 0 Å². The number of hydrogen-bond donors (Lipinski definition) is 1. The van der Waals surface area contributed by atoms with Crippen LogP contribution in [0, 0.1) is 0 Å². The standard InChI is InChI=1S/C23H32Cl2OP/c1-2-3-4-5-6-7-8-9-10-19-27(26,22-15-11-20(24)12-16-22)23-17-13-21(25)14-18-23/h11-18,26H,2-10,19H2,1H3/q+1. The summed E-state index contributed by atoms with van der Waals surface area (Å²) in [5, 5.41) is 3.39. The van der Waals surface area contributed by atoms with Crippen LogP contribution in [0.2, 0.25) is 10.0 Å². The minimum Gasteiger partial charge on any atom is -0.241 e. The monoisotopic (exact) mass is 425 g/mol. The van der Waals surface area contributed by atoms with Gasteiger partial charge in [-0.1, -0.05) is 75.1 Å². The van der Waals surface area contributed by atoms with Gasteiger partial charge >= 0.3 is 0 Å². The summed E-state index contributed by atoms with van der Waals surface area (Å²) in [5.74, 6) is 0. The largest absolute Gasteiger partial charge is 0.241 e. The van der Waals surface area contributed by atoms with E-state index in [0.29, 0.717) is 10.0 Å². The topological polar surface area (TPSA) is 20.2 Å². The van der Waals surface area contributed by atoms with E-state index >= 15 is 0 Å². The fraction of sp³-hybridized carbons (Fsp3) is 0.478. The van der Waals surface area contributed by atoms with Crippen molar-refractivity contribution in [3.05, 3.63) is 58.6 Å². The lowest BCUT2D eigenvalue weighted by Crippen LogP contribution is -2.24. The maximum Gasteiger partial charge on any atom is 0.206 e. The van der Waals surface area contributed by atoms with Crippen molar-refractivity contribution in [3.63, 3.8) is 0 Å². The highest BCUT2D eigenvalue weighted by molar-refractivity contribution is 7.84. The zero-order chi connectivity index (χ0) is 19.5. The maximum absolute atomic E-state index is 11.7. The van der Waals surface area contributed by atoms with Gasteiger partial charge in [0.1, 0.15) is 10.6 Å². The van der Waals surface area contributed by atoms with Crippen molar-refractivity contribution < 1.29 is 4.89 Å². The second-order valence-corrected chi connectivity index (χ2v) is 11.2. The van der Waals surface area contributed by atoms with Crippen molar-refractivity contribution in [1.29, 1.82) is 0 Å². The molecule has 0 radical (unpaired) electrons. The summed E-state index contributed by atoms with van der Waals surface area (Å²) in [5.41, 5.74) is 0. The summed E-state index contributed by atoms with van der Waals surface area (Å²) in [6.45, 7) is 2.26. The van der Waals surface area contributed by atoms with Crippen LogP contribution in [0.15, 0.2) is 48.5 Å². The van der Waals surface area contributed by atoms with Gasteiger partial charge in [0.05, 0.1) is 6.16 Å². The van der Waals surface area contributed by atoms with Crippen LogP contribution in [0.25, 0.3) is 0 Å². The van der Waals surface area contributed by atoms with Crippen molar-refractivity contribution in [2.24, 2.45) is 0 Å². The first-order valence-corrected chi connectivity index (χ1v) is 12.9. The molecule has 27 heavy (non-hydrogen) atoms. The summed E-state index contributed by atoms with van der Waals surface area (Å²) in [6, 6.07) is 15.4. The summed E-state index contributed by atoms with van der Waals surface area (Å²) in [6.07, 6.45) is 12.3. The van der Waals surface area contributed by atoms with Crippen LogP contribution < -0.4 is 10.6 Å². The SMILES string of the molecule is CCCCCCCCCCC[P+](O)(c1ccc(Cl)cc1)c1ccc(Cl)cc1. The summed E-state index contributed by atoms with van der Waals surface area (Å²) in [4.78, 5) is 11.7. The Balaban J connectivity index is 1.93. The molecule has 2 aromatic carbocycles. The van der Waals surface area contributed by atoms with Gasteiger partial charge in [-0.3, -0.25) is 0 Å². The molecule has 0 fully saturated rings. The Kier molecular flexibility index (Phi) is 10.2. The molecule has 148 valence electrons. The second-order valence-electron chi connectivity index (χ2n) is 7.27. The Morgan fingerprint density at radius 1 is 0.630 bits per heavy atom. The van der Waals surface area contributed by atoms with Crippen molar-refractivity contribution in [3.8, 4) is 0 Å². The molecule has 0 unspecified atom stereocenters. The average molecular weight is 426 g/mol. The predicted octanol–water partition coefficient (Wildman–Crippen LogP) is 7.40. The highest BCUT2D eigenvalue weighted by atomic mass is 35.5. The quantitative estimate of drug-likeness (QED) is 0.277. The smallest absolute Gasteiger partial charge is 0.206 e. The number of rotatable bonds is 12. The third kappa shape index (κ3) is 7.39. The molecule has 0 amide bonds. The second kappa shape index (κ2) is 12.1. The molecule has 1 nitrogen and oxygen atoms in total. The van der Waals surface area contributed by atoms with Gasteiger partial charge in [0.25, 0.3) is 0 Å². The van der Waals surface area contributed by atoms with Gasteiger partial charge in [0, 0.05) is 10.0 Å². The molecule has 0 atom stereocenters. The van der Waals surface area contributed by atoms with E-state index in [0.717, 1.165) is 23.2 Å². The summed E-state index contributed by atoms with van der Waals surface area (Å²) >= 11 is 12.1. The Morgan fingerprint density at radius 3 is 1.41 bits per heavy atom. The van der Waals surface area contributed by atoms with Crippen molar-refractivity contribution in [1.82, 2.24) is 0 Å². The van der Waals surface area contributed by atoms with E-state index in [4.69, 9.17) is 23.2 Å². The highest BCUT2D eigenvalue weighted by Gasteiger charge is 2.40. The van der Waals surface area contributed by atoms with Crippen molar-refractivity contribution >= 4 is 41.3 Å². The lowest BCUT2D eigenvalue weighted by Gasteiger charge is -2.20. The first kappa shape index (κ1) is 22.7. The van der Waals surface area contributed by atoms with Crippen LogP contribution in [0.1, 0.15) is 64.7 Å². The molecule has 0 aliphatic carbocycles. The first-order chi connectivity index (χ1) is 13.1. The Bertz CT molecular complexity index is 610. The molecule has 2 rings (SSSR count). The first-order valence-electron chi connectivity index (χ1n) is 10.2. The molecular weight excluding hydrogens is 394 g/mol. The number of halogens is 2. The molecule has 0 aliphatic rings. The lowest BCUT2D eigenvalue weighted by molar-refractivity contribution is 0.567. The van der Waals surface area contributed by atoms with E-state index in [1.54, 1.807) is 0 Å². The van der Waals surface area contributed by atoms with Crippen LogP contribution >= 0.6 is 30.7 Å². The fourth-order valence-electron chi connectivity index (χ4n) is 3.43. The predicted molar refractivity (Wildman–Crippen MR) is 123 cm³/mol. The molecule has 0 saturated heterocycles. The van der Waals surface area contributed by atoms with Gasteiger partial charge in [-0.15, -0.1) is 0 Å². The minimum atomic E-state index is -2.40. The Hall–Kier alpha value is -0.590. The molecule has 4 heteroatoms. The maximum atomic E-state index is 11.7. The molecule has 0 bridgehead atoms. The third-order valence-electron chi connectivity index (χ3n) is 5.09. The lowest BCUT2D eigenvalue weighted by atomic mass is 10.1. The number of benzene rings is 2. The normalized spacial score (nSPS) is 11.7. The summed E-state index contributed by atoms with van der Waals surface area (Å²) < 4.78 is 0. The van der Waals surface area contributed by atoms with Crippen LogP contribution in [-0.2, 0) is 0 Å². The van der Waals surface area contributed by atoms with E-state index in [1.165, 1.54) is 51.4 Å². The van der Waals surface area contributed by atoms with Gasteiger partial charge < -0.3 is 0 Å². The Labute approximate surface area is 175 Å². The van der Waals surface area contributed by atoms with Gasteiger partial charge in [-0.25, -0.2) is 4.89 Å². The highest BCUT2D eigenvalue weighted by Crippen LogP contribution is 2.53. The molecule has 0 heterocycles. The Morgan fingerprint density at radius 2 is 1.00 bits per heavy atom. The van der Waals surface area contributed by atoms with Crippen molar-refractivity contribution in [2.45, 2.75) is 64.7 Å². The summed E-state index contributed by atoms with van der Waals surface area (Å²) in [7, 11) is -2.40. The number of unbranched alkanes of at least 4 members (excludes halogenated alkanes) is 8. The average Bonchev–Trinajstić information content (AvgIpc) is 2.67. The van der Waals surface area contributed by atoms with E-state index in [9.17, 15) is 4.89 Å². The number of hydrogen-bond acceptors (Lipinski definition) is 1. The van der Waals surface area contributed by atoms with Crippen molar-refractivity contribution in [2.75, 3.05) is 6.16 Å². The molecule has 0 saturated carbocycles. The fourth-order valence-corrected chi connectivity index (χ4v) is 6.47. The van der Waals surface area contributed by atoms with Gasteiger partial charge in [-0.2, -0.15) is 0 Å². The van der Waals surface area contributed by atoms with E-state index < -0.39 is 7.49 Å². The zero-order valence-corrected chi connectivity index (χ0v) is 18.7. The van der Waals surface area contributed by atoms with Crippen LogP contribution in [-0.4, -0.2) is 11.1 Å². The van der Waals surface area contributed by atoms with E-state index in [-0.39, 0.29) is 0 Å². The van der Waals surface area contributed by atoms with Gasteiger partial charge in [0.2, 0.25) is 7.49 Å². The van der Waals surface area contributed by atoms with Gasteiger partial charge in [-0.05, 0) is 61.4 Å². The molecule has 0 spiro atoms. The zero-order valence-electron chi connectivity index (χ0n) is 16.3. The third-order valence-corrected chi connectivity index (χ3v) is 8.87. The van der Waals surface area contributed by atoms with E-state index in [2.05, 4.69) is 6.92 Å². The van der Waals surface area contributed by atoms with Crippen LogP contribution in [0.4, 0.5) is 0 Å². The van der Waals surface area contributed by atoms with E-state index in [1.807, 2.05) is 48.5 Å².